The minimum Gasteiger partial charge on any atom is -0.336 e. The van der Waals surface area contributed by atoms with Crippen molar-refractivity contribution in [3.8, 4) is 0 Å². The number of benzene rings is 1. The van der Waals surface area contributed by atoms with Gasteiger partial charge in [-0.05, 0) is 24.6 Å². The Bertz CT molecular complexity index is 489. The number of hydrogen-bond donors (Lipinski definition) is 3. The number of nitrogens with two attached hydrogens (primary N) is 1. The third-order valence-corrected chi connectivity index (χ3v) is 3.06. The Morgan fingerprint density at radius 1 is 1.58 bits per heavy atom. The molecule has 102 valence electrons. The summed E-state index contributed by atoms with van der Waals surface area (Å²) < 4.78 is 0. The van der Waals surface area contributed by atoms with E-state index in [1.54, 1.807) is 23.1 Å². The van der Waals surface area contributed by atoms with Crippen molar-refractivity contribution in [3.05, 3.63) is 24.3 Å². The van der Waals surface area contributed by atoms with Gasteiger partial charge in [0, 0.05) is 24.5 Å². The molecule has 1 aromatic carbocycles. The SMILES string of the molecule is CCC(N)C(=O)Nc1cccc(N2CCNC2=O)c1. The number of amides is 3. The summed E-state index contributed by atoms with van der Waals surface area (Å²) in [7, 11) is 0. The lowest BCUT2D eigenvalue weighted by atomic mass is 10.2. The Kier molecular flexibility index (Phi) is 4.01. The maximum Gasteiger partial charge on any atom is 0.321 e. The molecule has 0 saturated carbocycles. The van der Waals surface area contributed by atoms with Crippen LogP contribution in [0.15, 0.2) is 24.3 Å². The maximum absolute atomic E-state index is 11.7. The number of carbonyl (C=O) groups excluding carboxylic acids is 2. The molecule has 6 heteroatoms. The van der Waals surface area contributed by atoms with E-state index >= 15 is 0 Å². The first-order chi connectivity index (χ1) is 9.11. The van der Waals surface area contributed by atoms with Crippen molar-refractivity contribution in [2.75, 3.05) is 23.3 Å². The van der Waals surface area contributed by atoms with E-state index in [9.17, 15) is 9.59 Å². The summed E-state index contributed by atoms with van der Waals surface area (Å²) in [6.45, 7) is 3.12. The highest BCUT2D eigenvalue weighted by Gasteiger charge is 2.21. The van der Waals surface area contributed by atoms with E-state index in [1.165, 1.54) is 0 Å². The van der Waals surface area contributed by atoms with Crippen molar-refractivity contribution in [3.63, 3.8) is 0 Å². The van der Waals surface area contributed by atoms with E-state index in [0.29, 0.717) is 25.2 Å². The molecule has 19 heavy (non-hydrogen) atoms. The van der Waals surface area contributed by atoms with Crippen LogP contribution in [0.1, 0.15) is 13.3 Å². The van der Waals surface area contributed by atoms with Crippen LogP contribution in [-0.2, 0) is 4.79 Å². The molecule has 0 radical (unpaired) electrons. The van der Waals surface area contributed by atoms with Gasteiger partial charge in [0.25, 0.3) is 0 Å². The van der Waals surface area contributed by atoms with E-state index < -0.39 is 6.04 Å². The van der Waals surface area contributed by atoms with Crippen LogP contribution in [0.25, 0.3) is 0 Å². The second-order valence-corrected chi connectivity index (χ2v) is 4.44. The van der Waals surface area contributed by atoms with Crippen LogP contribution in [0.4, 0.5) is 16.2 Å². The van der Waals surface area contributed by atoms with Crippen LogP contribution in [0.2, 0.25) is 0 Å². The second kappa shape index (κ2) is 5.71. The fraction of sp³-hybridized carbons (Fsp3) is 0.385. The topological polar surface area (TPSA) is 87.5 Å². The fourth-order valence-electron chi connectivity index (χ4n) is 1.89. The van der Waals surface area contributed by atoms with Gasteiger partial charge in [-0.25, -0.2) is 4.79 Å². The smallest absolute Gasteiger partial charge is 0.321 e. The average molecular weight is 262 g/mol. The highest BCUT2D eigenvalue weighted by Crippen LogP contribution is 2.21. The third-order valence-electron chi connectivity index (χ3n) is 3.06. The molecule has 0 aliphatic carbocycles. The summed E-state index contributed by atoms with van der Waals surface area (Å²) in [6.07, 6.45) is 0.583. The molecular formula is C13H18N4O2. The molecule has 1 aliphatic rings. The van der Waals surface area contributed by atoms with Gasteiger partial charge >= 0.3 is 6.03 Å². The first-order valence-electron chi connectivity index (χ1n) is 6.33. The van der Waals surface area contributed by atoms with Gasteiger partial charge in [0.05, 0.1) is 6.04 Å². The minimum atomic E-state index is -0.515. The Hall–Kier alpha value is -2.08. The molecule has 2 rings (SSSR count). The van der Waals surface area contributed by atoms with Crippen molar-refractivity contribution in [1.82, 2.24) is 5.32 Å². The molecule has 1 aromatic rings. The normalized spacial score (nSPS) is 16.1. The first-order valence-corrected chi connectivity index (χ1v) is 6.33. The number of carbonyl (C=O) groups is 2. The van der Waals surface area contributed by atoms with Crippen LogP contribution in [0, 0.1) is 0 Å². The molecule has 1 aliphatic heterocycles. The lowest BCUT2D eigenvalue weighted by molar-refractivity contribution is -0.117. The Morgan fingerprint density at radius 3 is 3.00 bits per heavy atom. The molecule has 1 fully saturated rings. The molecular weight excluding hydrogens is 244 g/mol. The Balaban J connectivity index is 2.11. The molecule has 1 heterocycles. The van der Waals surface area contributed by atoms with E-state index in [-0.39, 0.29) is 11.9 Å². The second-order valence-electron chi connectivity index (χ2n) is 4.44. The van der Waals surface area contributed by atoms with Crippen molar-refractivity contribution < 1.29 is 9.59 Å². The number of anilines is 2. The van der Waals surface area contributed by atoms with E-state index in [0.717, 1.165) is 5.69 Å². The third kappa shape index (κ3) is 3.03. The summed E-state index contributed by atoms with van der Waals surface area (Å²) in [4.78, 5) is 24.9. The highest BCUT2D eigenvalue weighted by atomic mass is 16.2. The van der Waals surface area contributed by atoms with Crippen molar-refractivity contribution in [2.24, 2.45) is 5.73 Å². The lowest BCUT2D eigenvalue weighted by Gasteiger charge is -2.16. The number of rotatable bonds is 4. The number of urea groups is 1. The predicted octanol–water partition coefficient (Wildman–Crippen LogP) is 0.892. The van der Waals surface area contributed by atoms with Gasteiger partial charge in [-0.15, -0.1) is 0 Å². The van der Waals surface area contributed by atoms with Crippen LogP contribution < -0.4 is 21.3 Å². The fourth-order valence-corrected chi connectivity index (χ4v) is 1.89. The predicted molar refractivity (Wildman–Crippen MR) is 74.1 cm³/mol. The molecule has 1 atom stereocenters. The van der Waals surface area contributed by atoms with Gasteiger partial charge < -0.3 is 16.4 Å². The first kappa shape index (κ1) is 13.4. The Morgan fingerprint density at radius 2 is 2.37 bits per heavy atom. The molecule has 1 saturated heterocycles. The van der Waals surface area contributed by atoms with Crippen LogP contribution in [-0.4, -0.2) is 31.1 Å². The standard InChI is InChI=1S/C13H18N4O2/c1-2-11(14)12(18)16-9-4-3-5-10(8-9)17-7-6-15-13(17)19/h3-5,8,11H,2,6-7,14H2,1H3,(H,15,19)(H,16,18). The zero-order chi connectivity index (χ0) is 13.8. The van der Waals surface area contributed by atoms with E-state index in [1.807, 2.05) is 13.0 Å². The Labute approximate surface area is 112 Å². The van der Waals surface area contributed by atoms with Crippen molar-refractivity contribution >= 4 is 23.3 Å². The van der Waals surface area contributed by atoms with Gasteiger partial charge in [0.2, 0.25) is 5.91 Å². The van der Waals surface area contributed by atoms with Gasteiger partial charge in [-0.1, -0.05) is 13.0 Å². The van der Waals surface area contributed by atoms with E-state index in [2.05, 4.69) is 10.6 Å². The summed E-state index contributed by atoms with van der Waals surface area (Å²) in [6, 6.07) is 6.55. The van der Waals surface area contributed by atoms with Crippen molar-refractivity contribution in [1.29, 1.82) is 0 Å². The summed E-state index contributed by atoms with van der Waals surface area (Å²) in [5, 5.41) is 5.48. The quantitative estimate of drug-likeness (QED) is 0.753. The highest BCUT2D eigenvalue weighted by molar-refractivity contribution is 5.97. The van der Waals surface area contributed by atoms with Gasteiger partial charge in [0.15, 0.2) is 0 Å². The number of nitrogens with one attached hydrogen (secondary N) is 2. The molecule has 0 bridgehead atoms. The molecule has 0 spiro atoms. The molecule has 1 unspecified atom stereocenters. The van der Waals surface area contributed by atoms with Crippen LogP contribution in [0.3, 0.4) is 0 Å². The van der Waals surface area contributed by atoms with Gasteiger partial charge in [-0.3, -0.25) is 9.69 Å². The van der Waals surface area contributed by atoms with Crippen LogP contribution in [0.5, 0.6) is 0 Å². The maximum atomic E-state index is 11.7. The zero-order valence-electron chi connectivity index (χ0n) is 10.8. The zero-order valence-corrected chi connectivity index (χ0v) is 10.8. The summed E-state index contributed by atoms with van der Waals surface area (Å²) >= 11 is 0. The molecule has 6 nitrogen and oxygen atoms in total. The van der Waals surface area contributed by atoms with Gasteiger partial charge in [0.1, 0.15) is 0 Å². The largest absolute Gasteiger partial charge is 0.336 e. The number of nitrogens with zero attached hydrogens (tertiary/aromatic N) is 1. The van der Waals surface area contributed by atoms with Crippen LogP contribution >= 0.6 is 0 Å². The monoisotopic (exact) mass is 262 g/mol. The average Bonchev–Trinajstić information content (AvgIpc) is 2.84. The molecule has 4 N–H and O–H groups in total. The molecule has 0 aromatic heterocycles. The number of hydrogen-bond acceptors (Lipinski definition) is 3. The van der Waals surface area contributed by atoms with Crippen molar-refractivity contribution in [2.45, 2.75) is 19.4 Å². The minimum absolute atomic E-state index is 0.117. The molecule has 3 amide bonds. The summed E-state index contributed by atoms with van der Waals surface area (Å²) in [5.74, 6) is -0.217. The lowest BCUT2D eigenvalue weighted by Crippen LogP contribution is -2.34. The van der Waals surface area contributed by atoms with Gasteiger partial charge in [-0.2, -0.15) is 0 Å². The summed E-state index contributed by atoms with van der Waals surface area (Å²) in [5.41, 5.74) is 7.07. The van der Waals surface area contributed by atoms with E-state index in [4.69, 9.17) is 5.73 Å².